The van der Waals surface area contributed by atoms with Gasteiger partial charge >= 0.3 is 0 Å². The van der Waals surface area contributed by atoms with E-state index in [9.17, 15) is 5.11 Å². The second-order valence-corrected chi connectivity index (χ2v) is 4.20. The first-order valence-corrected chi connectivity index (χ1v) is 5.68. The topological polar surface area (TPSA) is 33.1 Å². The summed E-state index contributed by atoms with van der Waals surface area (Å²) in [5, 5.41) is 11.9. The number of aliphatic hydroxyl groups excluding tert-OH is 1. The predicted molar refractivity (Wildman–Crippen MR) is 60.6 cm³/mol. The molecule has 1 atom stereocenters. The number of hydrogen-bond acceptors (Lipinski definition) is 3. The largest absolute Gasteiger partial charge is 0.384 e. The van der Waals surface area contributed by atoms with Crippen LogP contribution in [0.4, 0.5) is 0 Å². The molecule has 15 heavy (non-hydrogen) atoms. The van der Waals surface area contributed by atoms with E-state index in [2.05, 4.69) is 4.98 Å². The van der Waals surface area contributed by atoms with Crippen LogP contribution in [0.2, 0.25) is 0 Å². The molecular formula is C12H9NOS. The van der Waals surface area contributed by atoms with Gasteiger partial charge in [0.2, 0.25) is 0 Å². The van der Waals surface area contributed by atoms with Crippen molar-refractivity contribution in [1.82, 2.24) is 4.98 Å². The highest BCUT2D eigenvalue weighted by Crippen LogP contribution is 2.37. The molecule has 0 aliphatic heterocycles. The number of rotatable bonds is 1. The average Bonchev–Trinajstić information content (AvgIpc) is 2.87. The maximum atomic E-state index is 9.85. The van der Waals surface area contributed by atoms with Crippen molar-refractivity contribution in [3.63, 3.8) is 0 Å². The van der Waals surface area contributed by atoms with Crippen molar-refractivity contribution in [2.24, 2.45) is 0 Å². The molecule has 3 rings (SSSR count). The Kier molecular flexibility index (Phi) is 1.94. The monoisotopic (exact) mass is 215 g/mol. The van der Waals surface area contributed by atoms with Crippen LogP contribution in [0.5, 0.6) is 0 Å². The number of thiazole rings is 1. The summed E-state index contributed by atoms with van der Waals surface area (Å²) in [6.45, 7) is 0. The molecule has 1 aliphatic carbocycles. The minimum Gasteiger partial charge on any atom is -0.384 e. The van der Waals surface area contributed by atoms with E-state index in [1.54, 1.807) is 11.3 Å². The lowest BCUT2D eigenvalue weighted by molar-refractivity contribution is 0.232. The lowest BCUT2D eigenvalue weighted by atomic mass is 10.0. The Labute approximate surface area is 91.5 Å². The third-order valence-corrected chi connectivity index (χ3v) is 3.19. The van der Waals surface area contributed by atoms with E-state index in [4.69, 9.17) is 0 Å². The third kappa shape index (κ3) is 1.32. The van der Waals surface area contributed by atoms with E-state index >= 15 is 0 Å². The second kappa shape index (κ2) is 3.29. The number of fused-ring (bicyclic) bond motifs is 1. The molecule has 0 amide bonds. The van der Waals surface area contributed by atoms with Gasteiger partial charge in [0.25, 0.3) is 0 Å². The minimum absolute atomic E-state index is 0.488. The summed E-state index contributed by atoms with van der Waals surface area (Å²) >= 11 is 1.57. The molecule has 2 aromatic rings. The summed E-state index contributed by atoms with van der Waals surface area (Å²) in [5.41, 5.74) is 5.86. The number of nitrogens with zero attached hydrogens (tertiary/aromatic N) is 1. The van der Waals surface area contributed by atoms with E-state index in [-0.39, 0.29) is 0 Å². The van der Waals surface area contributed by atoms with Gasteiger partial charge in [-0.15, -0.1) is 11.3 Å². The van der Waals surface area contributed by atoms with Gasteiger partial charge in [-0.1, -0.05) is 24.3 Å². The zero-order valence-corrected chi connectivity index (χ0v) is 8.74. The maximum absolute atomic E-state index is 9.85. The van der Waals surface area contributed by atoms with E-state index in [0.717, 1.165) is 22.4 Å². The SMILES string of the molecule is OC1C=C(c2cscn2)c2ccccc21. The molecule has 2 nitrogen and oxygen atoms in total. The van der Waals surface area contributed by atoms with Crippen molar-refractivity contribution in [3.05, 3.63) is 58.1 Å². The molecule has 1 N–H and O–H groups in total. The third-order valence-electron chi connectivity index (χ3n) is 2.60. The molecule has 0 saturated heterocycles. The molecule has 1 unspecified atom stereocenters. The zero-order valence-electron chi connectivity index (χ0n) is 7.92. The first-order valence-electron chi connectivity index (χ1n) is 4.74. The van der Waals surface area contributed by atoms with Gasteiger partial charge in [0, 0.05) is 11.0 Å². The second-order valence-electron chi connectivity index (χ2n) is 3.49. The summed E-state index contributed by atoms with van der Waals surface area (Å²) < 4.78 is 0. The van der Waals surface area contributed by atoms with E-state index < -0.39 is 6.10 Å². The zero-order chi connectivity index (χ0) is 10.3. The lowest BCUT2D eigenvalue weighted by Crippen LogP contribution is -1.89. The highest BCUT2D eigenvalue weighted by Gasteiger charge is 2.22. The predicted octanol–water partition coefficient (Wildman–Crippen LogP) is 2.62. The molecule has 0 fully saturated rings. The van der Waals surface area contributed by atoms with Crippen LogP contribution in [0.25, 0.3) is 5.57 Å². The van der Waals surface area contributed by atoms with Crippen LogP contribution >= 0.6 is 11.3 Å². The van der Waals surface area contributed by atoms with Crippen LogP contribution in [-0.4, -0.2) is 10.1 Å². The van der Waals surface area contributed by atoms with Crippen molar-refractivity contribution >= 4 is 16.9 Å². The summed E-state index contributed by atoms with van der Waals surface area (Å²) in [5.74, 6) is 0. The van der Waals surface area contributed by atoms with Crippen molar-refractivity contribution in [3.8, 4) is 0 Å². The summed E-state index contributed by atoms with van der Waals surface area (Å²) in [6.07, 6.45) is 1.37. The van der Waals surface area contributed by atoms with Gasteiger partial charge in [0.1, 0.15) is 0 Å². The van der Waals surface area contributed by atoms with Crippen molar-refractivity contribution in [2.45, 2.75) is 6.10 Å². The Balaban J connectivity index is 2.17. The molecule has 0 radical (unpaired) electrons. The Hall–Kier alpha value is -1.45. The summed E-state index contributed by atoms with van der Waals surface area (Å²) in [6, 6.07) is 7.91. The molecule has 0 bridgehead atoms. The molecular weight excluding hydrogens is 206 g/mol. The van der Waals surface area contributed by atoms with Crippen LogP contribution in [-0.2, 0) is 0 Å². The molecule has 1 aromatic carbocycles. The van der Waals surface area contributed by atoms with Gasteiger partial charge in [-0.2, -0.15) is 0 Å². The molecule has 1 aliphatic rings. The van der Waals surface area contributed by atoms with Gasteiger partial charge in [-0.25, -0.2) is 4.98 Å². The fourth-order valence-electron chi connectivity index (χ4n) is 1.91. The van der Waals surface area contributed by atoms with E-state index in [1.807, 2.05) is 41.2 Å². The molecule has 3 heteroatoms. The Morgan fingerprint density at radius 2 is 2.13 bits per heavy atom. The molecule has 74 valence electrons. The van der Waals surface area contributed by atoms with Gasteiger partial charge < -0.3 is 5.11 Å². The minimum atomic E-state index is -0.488. The normalized spacial score (nSPS) is 18.7. The molecule has 1 aromatic heterocycles. The van der Waals surface area contributed by atoms with Gasteiger partial charge in [-0.05, 0) is 17.2 Å². The standard InChI is InChI=1S/C12H9NOS/c14-12-5-10(11-6-15-7-13-11)8-3-1-2-4-9(8)12/h1-7,12,14H. The first-order chi connectivity index (χ1) is 7.36. The average molecular weight is 215 g/mol. The van der Waals surface area contributed by atoms with Gasteiger partial charge in [-0.3, -0.25) is 0 Å². The van der Waals surface area contributed by atoms with Gasteiger partial charge in [0.05, 0.1) is 17.3 Å². The Morgan fingerprint density at radius 1 is 1.27 bits per heavy atom. The summed E-state index contributed by atoms with van der Waals surface area (Å²) in [7, 11) is 0. The van der Waals surface area contributed by atoms with Crippen molar-refractivity contribution in [2.75, 3.05) is 0 Å². The maximum Gasteiger partial charge on any atom is 0.0987 e. The van der Waals surface area contributed by atoms with Crippen LogP contribution in [0.1, 0.15) is 22.9 Å². The quantitative estimate of drug-likeness (QED) is 0.793. The fourth-order valence-corrected chi connectivity index (χ4v) is 2.46. The molecule has 1 heterocycles. The lowest BCUT2D eigenvalue weighted by Gasteiger charge is -2.03. The van der Waals surface area contributed by atoms with Crippen LogP contribution in [0, 0.1) is 0 Å². The Morgan fingerprint density at radius 3 is 2.93 bits per heavy atom. The first kappa shape index (κ1) is 8.83. The highest BCUT2D eigenvalue weighted by molar-refractivity contribution is 7.07. The smallest absolute Gasteiger partial charge is 0.0987 e. The molecule has 0 spiro atoms. The fraction of sp³-hybridized carbons (Fsp3) is 0.0833. The number of hydrogen-bond donors (Lipinski definition) is 1. The number of benzene rings is 1. The highest BCUT2D eigenvalue weighted by atomic mass is 32.1. The summed E-state index contributed by atoms with van der Waals surface area (Å²) in [4.78, 5) is 4.27. The number of aliphatic hydroxyl groups is 1. The van der Waals surface area contributed by atoms with Gasteiger partial charge in [0.15, 0.2) is 0 Å². The number of aromatic nitrogens is 1. The van der Waals surface area contributed by atoms with Crippen LogP contribution in [0.15, 0.2) is 41.2 Å². The van der Waals surface area contributed by atoms with Crippen molar-refractivity contribution < 1.29 is 5.11 Å². The molecule has 0 saturated carbocycles. The van der Waals surface area contributed by atoms with E-state index in [0.29, 0.717) is 0 Å². The van der Waals surface area contributed by atoms with Crippen LogP contribution in [0.3, 0.4) is 0 Å². The van der Waals surface area contributed by atoms with Crippen LogP contribution < -0.4 is 0 Å². The van der Waals surface area contributed by atoms with E-state index in [1.165, 1.54) is 0 Å². The Bertz CT molecular complexity index is 516. The van der Waals surface area contributed by atoms with Crippen molar-refractivity contribution in [1.29, 1.82) is 0 Å².